The van der Waals surface area contributed by atoms with E-state index in [1.807, 2.05) is 6.92 Å². The second-order valence-corrected chi connectivity index (χ2v) is 5.99. The van der Waals surface area contributed by atoms with Gasteiger partial charge in [-0.25, -0.2) is 0 Å². The van der Waals surface area contributed by atoms with Gasteiger partial charge in [-0.1, -0.05) is 35.9 Å². The van der Waals surface area contributed by atoms with Crippen molar-refractivity contribution in [2.75, 3.05) is 6.54 Å². The summed E-state index contributed by atoms with van der Waals surface area (Å²) in [7, 11) is 0. The summed E-state index contributed by atoms with van der Waals surface area (Å²) in [6, 6.07) is 13.6. The molecule has 0 aliphatic carbocycles. The van der Waals surface area contributed by atoms with Gasteiger partial charge in [-0.2, -0.15) is 0 Å². The zero-order valence-corrected chi connectivity index (χ0v) is 14.1. The van der Waals surface area contributed by atoms with Crippen LogP contribution in [0.4, 0.5) is 0 Å². The van der Waals surface area contributed by atoms with Gasteiger partial charge in [0.05, 0.1) is 6.42 Å². The van der Waals surface area contributed by atoms with Crippen LogP contribution in [0.15, 0.2) is 48.5 Å². The summed E-state index contributed by atoms with van der Waals surface area (Å²) >= 11 is 0. The third-order valence-electron chi connectivity index (χ3n) is 4.07. The highest BCUT2D eigenvalue weighted by Crippen LogP contribution is 2.19. The molecule has 0 saturated heterocycles. The average Bonchev–Trinajstić information content (AvgIpc) is 2.64. The summed E-state index contributed by atoms with van der Waals surface area (Å²) < 4.78 is 0. The molecule has 132 valence electrons. The van der Waals surface area contributed by atoms with E-state index in [1.54, 1.807) is 48.5 Å². The Balaban J connectivity index is 1.60. The number of benzene rings is 2. The lowest BCUT2D eigenvalue weighted by Gasteiger charge is -2.26. The van der Waals surface area contributed by atoms with E-state index >= 15 is 0 Å². The molecule has 1 aliphatic rings. The summed E-state index contributed by atoms with van der Waals surface area (Å²) in [5.41, 5.74) is 6.94. The largest absolute Gasteiger partial charge is 0.274 e. The second-order valence-electron chi connectivity index (χ2n) is 5.99. The fourth-order valence-corrected chi connectivity index (χ4v) is 2.65. The highest BCUT2D eigenvalue weighted by atomic mass is 16.2. The molecule has 0 unspecified atom stereocenters. The van der Waals surface area contributed by atoms with Crippen molar-refractivity contribution in [2.45, 2.75) is 13.3 Å². The Morgan fingerprint density at radius 3 is 2.42 bits per heavy atom. The van der Waals surface area contributed by atoms with E-state index in [9.17, 15) is 19.2 Å². The van der Waals surface area contributed by atoms with Crippen molar-refractivity contribution in [3.05, 3.63) is 70.8 Å². The molecule has 4 amide bonds. The van der Waals surface area contributed by atoms with Gasteiger partial charge in [-0.05, 0) is 30.7 Å². The van der Waals surface area contributed by atoms with Gasteiger partial charge in [-0.15, -0.1) is 0 Å². The summed E-state index contributed by atoms with van der Waals surface area (Å²) in [5, 5.41) is 0. The molecule has 2 aromatic rings. The predicted molar refractivity (Wildman–Crippen MR) is 93.0 cm³/mol. The van der Waals surface area contributed by atoms with E-state index in [1.165, 1.54) is 0 Å². The van der Waals surface area contributed by atoms with Gasteiger partial charge in [0.1, 0.15) is 6.54 Å². The highest BCUT2D eigenvalue weighted by Gasteiger charge is 2.31. The molecule has 3 rings (SSSR count). The van der Waals surface area contributed by atoms with E-state index in [4.69, 9.17) is 0 Å². The van der Waals surface area contributed by atoms with E-state index in [-0.39, 0.29) is 6.42 Å². The molecule has 7 heteroatoms. The number of carbonyl (C=O) groups excluding carboxylic acids is 4. The maximum atomic E-state index is 12.4. The Kier molecular flexibility index (Phi) is 4.79. The van der Waals surface area contributed by atoms with Crippen molar-refractivity contribution < 1.29 is 19.2 Å². The standard InChI is InChI=1S/C19H17N3O4/c1-12-6-8-13(9-7-12)18(25)21-20-16(23)11-22-17(24)10-14-4-2-3-5-15(14)19(22)26/h2-9H,10-11H2,1H3,(H,20,23)(H,21,25). The van der Waals surface area contributed by atoms with E-state index in [0.717, 1.165) is 10.5 Å². The minimum absolute atomic E-state index is 0.0604. The lowest BCUT2D eigenvalue weighted by atomic mass is 9.98. The first-order valence-electron chi connectivity index (χ1n) is 8.04. The Morgan fingerprint density at radius 1 is 1.00 bits per heavy atom. The number of nitrogens with one attached hydrogen (secondary N) is 2. The molecule has 0 aromatic heterocycles. The molecule has 0 saturated carbocycles. The van der Waals surface area contributed by atoms with Gasteiger partial charge in [0.25, 0.3) is 17.7 Å². The fraction of sp³-hybridized carbons (Fsp3) is 0.158. The average molecular weight is 351 g/mol. The van der Waals surface area contributed by atoms with Crippen LogP contribution in [0.25, 0.3) is 0 Å². The number of rotatable bonds is 3. The van der Waals surface area contributed by atoms with Crippen molar-refractivity contribution in [3.8, 4) is 0 Å². The normalized spacial score (nSPS) is 13.2. The van der Waals surface area contributed by atoms with Gasteiger partial charge in [0.15, 0.2) is 0 Å². The van der Waals surface area contributed by atoms with Crippen LogP contribution in [-0.4, -0.2) is 35.1 Å². The molecule has 2 N–H and O–H groups in total. The van der Waals surface area contributed by atoms with Gasteiger partial charge in [0, 0.05) is 11.1 Å². The molecular formula is C19H17N3O4. The summed E-state index contributed by atoms with van der Waals surface area (Å²) in [6.07, 6.45) is 0.0604. The number of fused-ring (bicyclic) bond motifs is 1. The lowest BCUT2D eigenvalue weighted by Crippen LogP contribution is -2.51. The summed E-state index contributed by atoms with van der Waals surface area (Å²) in [5.74, 6) is -2.11. The minimum Gasteiger partial charge on any atom is -0.274 e. The smallest absolute Gasteiger partial charge is 0.269 e. The summed E-state index contributed by atoms with van der Waals surface area (Å²) in [6.45, 7) is 1.44. The Bertz CT molecular complexity index is 890. The van der Waals surface area contributed by atoms with Crippen molar-refractivity contribution >= 4 is 23.6 Å². The topological polar surface area (TPSA) is 95.6 Å². The van der Waals surface area contributed by atoms with Gasteiger partial charge in [-0.3, -0.25) is 34.9 Å². The first-order valence-corrected chi connectivity index (χ1v) is 8.04. The predicted octanol–water partition coefficient (Wildman–Crippen LogP) is 0.981. The SMILES string of the molecule is Cc1ccc(C(=O)NNC(=O)CN2C(=O)Cc3ccccc3C2=O)cc1. The first kappa shape index (κ1) is 17.3. The Labute approximate surface area is 150 Å². The quantitative estimate of drug-likeness (QED) is 0.636. The molecule has 1 heterocycles. The van der Waals surface area contributed by atoms with Crippen molar-refractivity contribution in [3.63, 3.8) is 0 Å². The number of imide groups is 1. The molecule has 0 radical (unpaired) electrons. The lowest BCUT2D eigenvalue weighted by molar-refractivity contribution is -0.133. The third-order valence-corrected chi connectivity index (χ3v) is 4.07. The molecule has 0 atom stereocenters. The number of carbonyl (C=O) groups is 4. The molecule has 2 aromatic carbocycles. The second kappa shape index (κ2) is 7.18. The van der Waals surface area contributed by atoms with Crippen LogP contribution >= 0.6 is 0 Å². The van der Waals surface area contributed by atoms with Crippen LogP contribution in [0.2, 0.25) is 0 Å². The van der Waals surface area contributed by atoms with Crippen LogP contribution in [-0.2, 0) is 16.0 Å². The fourth-order valence-electron chi connectivity index (χ4n) is 2.65. The maximum Gasteiger partial charge on any atom is 0.269 e. The molecule has 0 fully saturated rings. The molecular weight excluding hydrogens is 334 g/mol. The molecule has 0 spiro atoms. The van der Waals surface area contributed by atoms with E-state index in [2.05, 4.69) is 10.9 Å². The molecule has 1 aliphatic heterocycles. The number of hydrazine groups is 1. The minimum atomic E-state index is -0.661. The van der Waals surface area contributed by atoms with Gasteiger partial charge in [0.2, 0.25) is 5.91 Å². The zero-order valence-electron chi connectivity index (χ0n) is 14.1. The van der Waals surface area contributed by atoms with Crippen molar-refractivity contribution in [1.29, 1.82) is 0 Å². The van der Waals surface area contributed by atoms with Crippen LogP contribution < -0.4 is 10.9 Å². The zero-order chi connectivity index (χ0) is 18.7. The highest BCUT2D eigenvalue weighted by molar-refractivity contribution is 6.11. The Morgan fingerprint density at radius 2 is 1.69 bits per heavy atom. The third kappa shape index (κ3) is 3.61. The summed E-state index contributed by atoms with van der Waals surface area (Å²) in [4.78, 5) is 49.4. The van der Waals surface area contributed by atoms with Crippen LogP contribution in [0.5, 0.6) is 0 Å². The van der Waals surface area contributed by atoms with Crippen LogP contribution in [0, 0.1) is 6.92 Å². The van der Waals surface area contributed by atoms with Crippen LogP contribution in [0.1, 0.15) is 31.8 Å². The van der Waals surface area contributed by atoms with Crippen molar-refractivity contribution in [2.24, 2.45) is 0 Å². The number of amides is 4. The van der Waals surface area contributed by atoms with Gasteiger partial charge >= 0.3 is 0 Å². The Hall–Kier alpha value is -3.48. The monoisotopic (exact) mass is 351 g/mol. The molecule has 26 heavy (non-hydrogen) atoms. The van der Waals surface area contributed by atoms with Crippen LogP contribution in [0.3, 0.4) is 0 Å². The number of hydrogen-bond acceptors (Lipinski definition) is 4. The molecule has 0 bridgehead atoms. The maximum absolute atomic E-state index is 12.4. The number of nitrogens with zero attached hydrogens (tertiary/aromatic N) is 1. The molecule has 7 nitrogen and oxygen atoms in total. The number of hydrogen-bond donors (Lipinski definition) is 2. The van der Waals surface area contributed by atoms with E-state index < -0.39 is 30.2 Å². The first-order chi connectivity index (χ1) is 12.5. The van der Waals surface area contributed by atoms with Gasteiger partial charge < -0.3 is 0 Å². The number of aryl methyl sites for hydroxylation is 1. The van der Waals surface area contributed by atoms with E-state index in [0.29, 0.717) is 16.7 Å². The van der Waals surface area contributed by atoms with Crippen molar-refractivity contribution in [1.82, 2.24) is 15.8 Å².